The third-order valence-corrected chi connectivity index (χ3v) is 7.05. The van der Waals surface area contributed by atoms with Crippen molar-refractivity contribution in [3.05, 3.63) is 29.8 Å². The largest absolute Gasteiger partial charge is 0.354 e. The smallest absolute Gasteiger partial charge is 0.304 e. The Morgan fingerprint density at radius 3 is 2.50 bits per heavy atom. The number of amides is 1. The molecule has 0 radical (unpaired) electrons. The number of hydrogen-bond acceptors (Lipinski definition) is 4. The van der Waals surface area contributed by atoms with E-state index < -0.39 is 10.2 Å². The first kappa shape index (κ1) is 22.6. The average Bonchev–Trinajstić information content (AvgIpc) is 2.65. The van der Waals surface area contributed by atoms with Crippen molar-refractivity contribution in [2.45, 2.75) is 45.6 Å². The third-order valence-electron chi connectivity index (χ3n) is 5.23. The van der Waals surface area contributed by atoms with Crippen molar-refractivity contribution in [2.75, 3.05) is 44.6 Å². The molecule has 1 atom stereocenters. The number of likely N-dealkylation sites (tertiary alicyclic amines) is 1. The van der Waals surface area contributed by atoms with E-state index in [-0.39, 0.29) is 12.5 Å². The molecule has 28 heavy (non-hydrogen) atoms. The van der Waals surface area contributed by atoms with E-state index in [1.54, 1.807) is 12.1 Å². The molecule has 0 aliphatic carbocycles. The van der Waals surface area contributed by atoms with Crippen LogP contribution in [0, 0.1) is 6.92 Å². The summed E-state index contributed by atoms with van der Waals surface area (Å²) in [5, 5.41) is 2.87. The van der Waals surface area contributed by atoms with Crippen molar-refractivity contribution in [1.29, 1.82) is 0 Å². The molecule has 1 aliphatic heterocycles. The molecule has 2 rings (SSSR count). The summed E-state index contributed by atoms with van der Waals surface area (Å²) in [7, 11) is -0.824. The highest BCUT2D eigenvalue weighted by molar-refractivity contribution is 7.90. The van der Waals surface area contributed by atoms with Gasteiger partial charge in [-0.05, 0) is 51.8 Å². The summed E-state index contributed by atoms with van der Waals surface area (Å²) < 4.78 is 27.6. The van der Waals surface area contributed by atoms with Gasteiger partial charge in [-0.3, -0.25) is 4.79 Å². The molecule has 1 N–H and O–H groups in total. The van der Waals surface area contributed by atoms with Crippen LogP contribution in [0.2, 0.25) is 0 Å². The van der Waals surface area contributed by atoms with Crippen LogP contribution in [-0.2, 0) is 15.0 Å². The van der Waals surface area contributed by atoms with Crippen molar-refractivity contribution < 1.29 is 13.2 Å². The second kappa shape index (κ2) is 10.2. The van der Waals surface area contributed by atoms with Gasteiger partial charge in [-0.2, -0.15) is 12.7 Å². The molecule has 0 bridgehead atoms. The minimum Gasteiger partial charge on any atom is -0.354 e. The van der Waals surface area contributed by atoms with Gasteiger partial charge in [-0.25, -0.2) is 4.31 Å². The van der Waals surface area contributed by atoms with E-state index in [0.29, 0.717) is 18.3 Å². The van der Waals surface area contributed by atoms with Gasteiger partial charge >= 0.3 is 10.2 Å². The lowest BCUT2D eigenvalue weighted by Gasteiger charge is -2.33. The van der Waals surface area contributed by atoms with E-state index in [2.05, 4.69) is 17.1 Å². The molecular formula is C20H34N4O3S. The highest BCUT2D eigenvalue weighted by atomic mass is 32.2. The molecule has 1 fully saturated rings. The van der Waals surface area contributed by atoms with Gasteiger partial charge in [0.2, 0.25) is 5.91 Å². The van der Waals surface area contributed by atoms with Crippen molar-refractivity contribution in [3.63, 3.8) is 0 Å². The summed E-state index contributed by atoms with van der Waals surface area (Å²) in [5.41, 5.74) is 1.51. The summed E-state index contributed by atoms with van der Waals surface area (Å²) in [4.78, 5) is 14.9. The van der Waals surface area contributed by atoms with Crippen LogP contribution in [0.3, 0.4) is 0 Å². The zero-order valence-electron chi connectivity index (χ0n) is 17.5. The Kier molecular flexibility index (Phi) is 8.27. The van der Waals surface area contributed by atoms with Gasteiger partial charge in [0.25, 0.3) is 0 Å². The lowest BCUT2D eigenvalue weighted by molar-refractivity contribution is -0.119. The van der Waals surface area contributed by atoms with Gasteiger partial charge in [0, 0.05) is 33.2 Å². The third kappa shape index (κ3) is 6.18. The monoisotopic (exact) mass is 410 g/mol. The van der Waals surface area contributed by atoms with Crippen LogP contribution in [0.4, 0.5) is 5.69 Å². The van der Waals surface area contributed by atoms with E-state index in [1.807, 2.05) is 19.1 Å². The number of piperidine rings is 1. The molecule has 1 aromatic carbocycles. The maximum Gasteiger partial charge on any atom is 0.304 e. The van der Waals surface area contributed by atoms with E-state index in [1.165, 1.54) is 33.4 Å². The molecule has 0 aromatic heterocycles. The molecule has 1 aromatic rings. The number of nitrogens with one attached hydrogen (secondary N) is 1. The average molecular weight is 411 g/mol. The van der Waals surface area contributed by atoms with Gasteiger partial charge in [-0.15, -0.1) is 0 Å². The minimum absolute atomic E-state index is 0.232. The Hall–Kier alpha value is -1.64. The van der Waals surface area contributed by atoms with Crippen LogP contribution < -0.4 is 9.62 Å². The van der Waals surface area contributed by atoms with E-state index >= 15 is 0 Å². The molecule has 0 spiro atoms. The van der Waals surface area contributed by atoms with Crippen molar-refractivity contribution in [2.24, 2.45) is 0 Å². The number of anilines is 1. The normalized spacial score (nSPS) is 18.2. The number of carbonyl (C=O) groups is 1. The fourth-order valence-corrected chi connectivity index (χ4v) is 4.46. The Bertz CT molecular complexity index is 734. The van der Waals surface area contributed by atoms with E-state index in [4.69, 9.17) is 0 Å². The van der Waals surface area contributed by atoms with Gasteiger partial charge in [-0.1, -0.05) is 24.1 Å². The maximum atomic E-state index is 12.7. The molecular weight excluding hydrogens is 376 g/mol. The lowest BCUT2D eigenvalue weighted by Crippen LogP contribution is -2.46. The quantitative estimate of drug-likeness (QED) is 0.632. The van der Waals surface area contributed by atoms with Gasteiger partial charge < -0.3 is 10.2 Å². The Balaban J connectivity index is 1.92. The van der Waals surface area contributed by atoms with E-state index in [9.17, 15) is 13.2 Å². The van der Waals surface area contributed by atoms with Gasteiger partial charge in [0.05, 0.1) is 5.69 Å². The predicted molar refractivity (Wildman–Crippen MR) is 114 cm³/mol. The number of carbonyl (C=O) groups excluding carboxylic acids is 1. The molecule has 8 heteroatoms. The number of aryl methyl sites for hydroxylation is 1. The standard InChI is InChI=1S/C20H34N4O3S/c1-17-9-11-19(12-10-17)24(28(26,27)22(3)4)16-20(25)21-13-7-15-23-14-6-5-8-18(23)2/h9-12,18H,5-8,13-16H2,1-4H3,(H,21,25). The molecule has 1 saturated heterocycles. The zero-order valence-corrected chi connectivity index (χ0v) is 18.3. The second-order valence-electron chi connectivity index (χ2n) is 7.72. The van der Waals surface area contributed by atoms with Crippen LogP contribution in [0.25, 0.3) is 0 Å². The van der Waals surface area contributed by atoms with Crippen LogP contribution in [-0.4, -0.2) is 69.8 Å². The molecule has 1 amide bonds. The minimum atomic E-state index is -3.76. The Labute approximate surface area is 169 Å². The summed E-state index contributed by atoms with van der Waals surface area (Å²) in [6.07, 6.45) is 4.63. The van der Waals surface area contributed by atoms with Crippen LogP contribution in [0.15, 0.2) is 24.3 Å². The van der Waals surface area contributed by atoms with Crippen LogP contribution in [0.1, 0.15) is 38.2 Å². The molecule has 1 heterocycles. The number of benzene rings is 1. The summed E-state index contributed by atoms with van der Waals surface area (Å²) in [6.45, 7) is 6.58. The van der Waals surface area contributed by atoms with Crippen LogP contribution in [0.5, 0.6) is 0 Å². The second-order valence-corrected chi connectivity index (χ2v) is 9.78. The number of rotatable bonds is 9. The van der Waals surface area contributed by atoms with Crippen molar-refractivity contribution in [3.8, 4) is 0 Å². The molecule has 7 nitrogen and oxygen atoms in total. The van der Waals surface area contributed by atoms with E-state index in [0.717, 1.165) is 33.7 Å². The predicted octanol–water partition coefficient (Wildman–Crippen LogP) is 1.99. The SMILES string of the molecule is Cc1ccc(N(CC(=O)NCCCN2CCCCC2C)S(=O)(=O)N(C)C)cc1. The van der Waals surface area contributed by atoms with Gasteiger partial charge in [0.15, 0.2) is 0 Å². The van der Waals surface area contributed by atoms with Crippen LogP contribution >= 0.6 is 0 Å². The molecule has 1 aliphatic rings. The topological polar surface area (TPSA) is 73.0 Å². The molecule has 0 saturated carbocycles. The summed E-state index contributed by atoms with van der Waals surface area (Å²) in [6, 6.07) is 7.73. The number of nitrogens with zero attached hydrogens (tertiary/aromatic N) is 3. The van der Waals surface area contributed by atoms with Crippen molar-refractivity contribution >= 4 is 21.8 Å². The first-order valence-corrected chi connectivity index (χ1v) is 11.4. The summed E-state index contributed by atoms with van der Waals surface area (Å²) in [5.74, 6) is -0.294. The number of hydrogen-bond donors (Lipinski definition) is 1. The maximum absolute atomic E-state index is 12.7. The van der Waals surface area contributed by atoms with Crippen molar-refractivity contribution in [1.82, 2.24) is 14.5 Å². The Morgan fingerprint density at radius 1 is 1.21 bits per heavy atom. The molecule has 158 valence electrons. The highest BCUT2D eigenvalue weighted by Crippen LogP contribution is 2.20. The molecule has 1 unspecified atom stereocenters. The Morgan fingerprint density at radius 2 is 1.89 bits per heavy atom. The van der Waals surface area contributed by atoms with Gasteiger partial charge in [0.1, 0.15) is 6.54 Å². The first-order chi connectivity index (χ1) is 13.2. The fourth-order valence-electron chi connectivity index (χ4n) is 3.40. The fraction of sp³-hybridized carbons (Fsp3) is 0.650. The first-order valence-electron chi connectivity index (χ1n) is 9.99. The lowest BCUT2D eigenvalue weighted by atomic mass is 10.0. The highest BCUT2D eigenvalue weighted by Gasteiger charge is 2.27. The zero-order chi connectivity index (χ0) is 20.7. The summed E-state index contributed by atoms with van der Waals surface area (Å²) >= 11 is 0.